The molecule has 0 aliphatic rings. The van der Waals surface area contributed by atoms with Gasteiger partial charge in [0, 0.05) is 4.90 Å². The topological polar surface area (TPSA) is 26.0 Å². The SMILES string of the molecule is CSc1ccccc1C(N)c1cccc(C(F)(F)F)c1. The van der Waals surface area contributed by atoms with E-state index < -0.39 is 17.8 Å². The highest BCUT2D eigenvalue weighted by Gasteiger charge is 2.30. The zero-order valence-corrected chi connectivity index (χ0v) is 11.6. The standard InChI is InChI=1S/C15H14F3NS/c1-20-13-8-3-2-7-12(13)14(19)10-5-4-6-11(9-10)15(16,17)18/h2-9,14H,19H2,1H3. The zero-order valence-electron chi connectivity index (χ0n) is 10.8. The summed E-state index contributed by atoms with van der Waals surface area (Å²) < 4.78 is 38.2. The van der Waals surface area contributed by atoms with E-state index in [9.17, 15) is 13.2 Å². The molecule has 1 unspecified atom stereocenters. The Morgan fingerprint density at radius 3 is 2.40 bits per heavy atom. The molecule has 2 aromatic carbocycles. The van der Waals surface area contributed by atoms with Crippen LogP contribution < -0.4 is 5.73 Å². The first-order valence-corrected chi connectivity index (χ1v) is 7.21. The molecule has 0 saturated heterocycles. The summed E-state index contributed by atoms with van der Waals surface area (Å²) in [7, 11) is 0. The Morgan fingerprint density at radius 1 is 1.05 bits per heavy atom. The smallest absolute Gasteiger partial charge is 0.320 e. The van der Waals surface area contributed by atoms with Crippen LogP contribution in [0.2, 0.25) is 0 Å². The first-order valence-electron chi connectivity index (χ1n) is 5.99. The lowest BCUT2D eigenvalue weighted by Crippen LogP contribution is -2.14. The summed E-state index contributed by atoms with van der Waals surface area (Å²) >= 11 is 1.53. The van der Waals surface area contributed by atoms with Crippen LogP contribution >= 0.6 is 11.8 Å². The molecule has 0 aliphatic heterocycles. The summed E-state index contributed by atoms with van der Waals surface area (Å²) in [5.74, 6) is 0. The molecule has 2 rings (SSSR count). The van der Waals surface area contributed by atoms with Crippen LogP contribution in [0, 0.1) is 0 Å². The van der Waals surface area contributed by atoms with Crippen molar-refractivity contribution in [3.05, 3.63) is 65.2 Å². The van der Waals surface area contributed by atoms with Crippen LogP contribution in [-0.2, 0) is 6.18 Å². The van der Waals surface area contributed by atoms with Gasteiger partial charge in [-0.3, -0.25) is 0 Å². The van der Waals surface area contributed by atoms with Gasteiger partial charge in [0.1, 0.15) is 0 Å². The maximum absolute atomic E-state index is 12.7. The fourth-order valence-electron chi connectivity index (χ4n) is 2.01. The van der Waals surface area contributed by atoms with Crippen LogP contribution in [0.3, 0.4) is 0 Å². The van der Waals surface area contributed by atoms with Gasteiger partial charge in [-0.05, 0) is 35.6 Å². The predicted octanol–water partition coefficient (Wildman–Crippen LogP) is 4.48. The van der Waals surface area contributed by atoms with Gasteiger partial charge >= 0.3 is 6.18 Å². The number of hydrogen-bond acceptors (Lipinski definition) is 2. The fourth-order valence-corrected chi connectivity index (χ4v) is 2.66. The summed E-state index contributed by atoms with van der Waals surface area (Å²) in [5.41, 5.74) is 6.74. The largest absolute Gasteiger partial charge is 0.416 e. The van der Waals surface area contributed by atoms with Crippen molar-refractivity contribution >= 4 is 11.8 Å². The van der Waals surface area contributed by atoms with Crippen molar-refractivity contribution in [2.75, 3.05) is 6.26 Å². The Hall–Kier alpha value is -1.46. The first kappa shape index (κ1) is 14.9. The summed E-state index contributed by atoms with van der Waals surface area (Å²) in [4.78, 5) is 0.970. The third-order valence-corrected chi connectivity index (χ3v) is 3.86. The second-order valence-corrected chi connectivity index (χ2v) is 5.19. The molecule has 5 heteroatoms. The van der Waals surface area contributed by atoms with Gasteiger partial charge in [-0.15, -0.1) is 11.8 Å². The number of nitrogens with two attached hydrogens (primary N) is 1. The van der Waals surface area contributed by atoms with Crippen LogP contribution in [0.5, 0.6) is 0 Å². The zero-order chi connectivity index (χ0) is 14.8. The Morgan fingerprint density at radius 2 is 1.75 bits per heavy atom. The Bertz CT molecular complexity index is 596. The maximum Gasteiger partial charge on any atom is 0.416 e. The van der Waals surface area contributed by atoms with Gasteiger partial charge in [0.05, 0.1) is 11.6 Å². The molecule has 106 valence electrons. The lowest BCUT2D eigenvalue weighted by molar-refractivity contribution is -0.137. The number of halogens is 3. The van der Waals surface area contributed by atoms with Gasteiger partial charge in [-0.1, -0.05) is 30.3 Å². The number of hydrogen-bond donors (Lipinski definition) is 1. The Balaban J connectivity index is 2.41. The number of benzene rings is 2. The van der Waals surface area contributed by atoms with E-state index >= 15 is 0 Å². The fraction of sp³-hybridized carbons (Fsp3) is 0.200. The number of thioether (sulfide) groups is 1. The average Bonchev–Trinajstić information content (AvgIpc) is 2.45. The van der Waals surface area contributed by atoms with Gasteiger partial charge in [0.25, 0.3) is 0 Å². The molecule has 0 fully saturated rings. The molecule has 0 spiro atoms. The van der Waals surface area contributed by atoms with E-state index in [1.807, 2.05) is 30.5 Å². The molecule has 0 heterocycles. The van der Waals surface area contributed by atoms with Crippen molar-refractivity contribution in [1.29, 1.82) is 0 Å². The highest BCUT2D eigenvalue weighted by Crippen LogP contribution is 2.33. The van der Waals surface area contributed by atoms with Gasteiger partial charge in [0.2, 0.25) is 0 Å². The van der Waals surface area contributed by atoms with Crippen LogP contribution in [0.1, 0.15) is 22.7 Å². The monoisotopic (exact) mass is 297 g/mol. The van der Waals surface area contributed by atoms with Crippen molar-refractivity contribution in [1.82, 2.24) is 0 Å². The maximum atomic E-state index is 12.7. The molecule has 0 saturated carbocycles. The average molecular weight is 297 g/mol. The van der Waals surface area contributed by atoms with Gasteiger partial charge < -0.3 is 5.73 Å². The van der Waals surface area contributed by atoms with Crippen molar-refractivity contribution in [2.24, 2.45) is 5.73 Å². The van der Waals surface area contributed by atoms with E-state index in [0.717, 1.165) is 22.6 Å². The lowest BCUT2D eigenvalue weighted by atomic mass is 9.98. The van der Waals surface area contributed by atoms with Crippen LogP contribution in [-0.4, -0.2) is 6.26 Å². The van der Waals surface area contributed by atoms with Gasteiger partial charge in [0.15, 0.2) is 0 Å². The molecular weight excluding hydrogens is 283 g/mol. The molecular formula is C15H14F3NS. The van der Waals surface area contributed by atoms with Crippen LogP contribution in [0.4, 0.5) is 13.2 Å². The summed E-state index contributed by atoms with van der Waals surface area (Å²) in [5, 5.41) is 0. The van der Waals surface area contributed by atoms with Gasteiger partial charge in [-0.2, -0.15) is 13.2 Å². The van der Waals surface area contributed by atoms with Crippen molar-refractivity contribution in [2.45, 2.75) is 17.1 Å². The summed E-state index contributed by atoms with van der Waals surface area (Å²) in [6, 6.07) is 12.1. The molecule has 20 heavy (non-hydrogen) atoms. The Labute approximate surface area is 120 Å². The third kappa shape index (κ3) is 3.16. The molecule has 1 atom stereocenters. The summed E-state index contributed by atoms with van der Waals surface area (Å²) in [6.45, 7) is 0. The van der Waals surface area contributed by atoms with E-state index in [2.05, 4.69) is 0 Å². The van der Waals surface area contributed by atoms with Crippen molar-refractivity contribution < 1.29 is 13.2 Å². The molecule has 0 aliphatic carbocycles. The van der Waals surface area contributed by atoms with E-state index in [1.54, 1.807) is 6.07 Å². The summed E-state index contributed by atoms with van der Waals surface area (Å²) in [6.07, 6.45) is -2.44. The van der Waals surface area contributed by atoms with E-state index in [4.69, 9.17) is 5.73 Å². The van der Waals surface area contributed by atoms with E-state index in [1.165, 1.54) is 17.8 Å². The minimum atomic E-state index is -4.35. The predicted molar refractivity (Wildman–Crippen MR) is 75.7 cm³/mol. The molecule has 1 nitrogen and oxygen atoms in total. The first-order chi connectivity index (χ1) is 9.43. The molecule has 2 N–H and O–H groups in total. The Kier molecular flexibility index (Phi) is 4.40. The number of rotatable bonds is 3. The highest BCUT2D eigenvalue weighted by atomic mass is 32.2. The highest BCUT2D eigenvalue weighted by molar-refractivity contribution is 7.98. The normalized spacial score (nSPS) is 13.2. The van der Waals surface area contributed by atoms with Crippen LogP contribution in [0.25, 0.3) is 0 Å². The minimum absolute atomic E-state index is 0.460. The molecule has 0 radical (unpaired) electrons. The van der Waals surface area contributed by atoms with Crippen molar-refractivity contribution in [3.8, 4) is 0 Å². The second-order valence-electron chi connectivity index (χ2n) is 4.34. The quantitative estimate of drug-likeness (QED) is 0.846. The number of alkyl halides is 3. The third-order valence-electron chi connectivity index (χ3n) is 3.05. The van der Waals surface area contributed by atoms with E-state index in [0.29, 0.717) is 5.56 Å². The molecule has 0 aromatic heterocycles. The van der Waals surface area contributed by atoms with Crippen molar-refractivity contribution in [3.63, 3.8) is 0 Å². The minimum Gasteiger partial charge on any atom is -0.320 e. The molecule has 2 aromatic rings. The van der Waals surface area contributed by atoms with E-state index in [-0.39, 0.29) is 0 Å². The van der Waals surface area contributed by atoms with Crippen LogP contribution in [0.15, 0.2) is 53.4 Å². The molecule has 0 bridgehead atoms. The van der Waals surface area contributed by atoms with Gasteiger partial charge in [-0.25, -0.2) is 0 Å². The lowest BCUT2D eigenvalue weighted by Gasteiger charge is -2.17. The second kappa shape index (κ2) is 5.89. The molecule has 0 amide bonds.